The van der Waals surface area contributed by atoms with E-state index in [0.717, 1.165) is 17.7 Å². The quantitative estimate of drug-likeness (QED) is 0.831. The molecule has 1 unspecified atom stereocenters. The fourth-order valence-corrected chi connectivity index (χ4v) is 3.44. The number of nitrogens with one attached hydrogen (secondary N) is 1. The number of fused-ring (bicyclic) bond motifs is 1. The van der Waals surface area contributed by atoms with Gasteiger partial charge in [-0.05, 0) is 36.2 Å². The zero-order valence-corrected chi connectivity index (χ0v) is 15.6. The molecule has 0 radical (unpaired) electrons. The number of hydrogen-bond acceptors (Lipinski definition) is 5. The molecule has 1 fully saturated rings. The maximum Gasteiger partial charge on any atom is 0.231 e. The molecule has 0 bridgehead atoms. The van der Waals surface area contributed by atoms with Crippen LogP contribution in [0.1, 0.15) is 12.0 Å². The molecular weight excluding hydrogens is 360 g/mol. The first-order valence-electron chi connectivity index (χ1n) is 9.23. The summed E-state index contributed by atoms with van der Waals surface area (Å²) in [4.78, 5) is 26.6. The third-order valence-corrected chi connectivity index (χ3v) is 5.05. The highest BCUT2D eigenvalue weighted by Gasteiger charge is 2.34. The van der Waals surface area contributed by atoms with Gasteiger partial charge in [0, 0.05) is 31.3 Å². The van der Waals surface area contributed by atoms with E-state index >= 15 is 0 Å². The first kappa shape index (κ1) is 18.2. The van der Waals surface area contributed by atoms with Crippen LogP contribution < -0.4 is 19.5 Å². The molecule has 2 amide bonds. The molecule has 0 aliphatic carbocycles. The number of anilines is 1. The summed E-state index contributed by atoms with van der Waals surface area (Å²) in [5, 5.41) is 2.87. The lowest BCUT2D eigenvalue weighted by molar-refractivity contribution is -0.128. The van der Waals surface area contributed by atoms with Crippen LogP contribution in [0.2, 0.25) is 0 Å². The molecule has 1 atom stereocenters. The van der Waals surface area contributed by atoms with Crippen LogP contribution in [0.4, 0.5) is 5.69 Å². The molecule has 4 rings (SSSR count). The second-order valence-corrected chi connectivity index (χ2v) is 6.90. The van der Waals surface area contributed by atoms with Crippen LogP contribution >= 0.6 is 0 Å². The highest BCUT2D eigenvalue weighted by molar-refractivity contribution is 5.97. The highest BCUT2D eigenvalue weighted by Crippen LogP contribution is 2.34. The SMILES string of the molecule is COc1ccc(CCN2CC(C(=O)Nc3ccc4c(c3)OCO4)CC2=O)cc1. The molecule has 7 nitrogen and oxygen atoms in total. The van der Waals surface area contributed by atoms with Gasteiger partial charge in [-0.15, -0.1) is 0 Å². The van der Waals surface area contributed by atoms with Crippen LogP contribution in [0, 0.1) is 5.92 Å². The predicted molar refractivity (Wildman–Crippen MR) is 103 cm³/mol. The number of rotatable bonds is 6. The summed E-state index contributed by atoms with van der Waals surface area (Å²) in [6, 6.07) is 13.1. The van der Waals surface area contributed by atoms with Gasteiger partial charge in [0.2, 0.25) is 18.6 Å². The Morgan fingerprint density at radius 3 is 2.75 bits per heavy atom. The Bertz CT molecular complexity index is 881. The van der Waals surface area contributed by atoms with Crippen molar-refractivity contribution in [1.29, 1.82) is 0 Å². The molecule has 7 heteroatoms. The number of likely N-dealkylation sites (tertiary alicyclic amines) is 1. The number of hydrogen-bond donors (Lipinski definition) is 1. The molecule has 0 saturated carbocycles. The Balaban J connectivity index is 1.31. The summed E-state index contributed by atoms with van der Waals surface area (Å²) < 4.78 is 15.7. The molecule has 2 aliphatic rings. The zero-order chi connectivity index (χ0) is 19.5. The number of ether oxygens (including phenoxy) is 3. The molecule has 146 valence electrons. The van der Waals surface area contributed by atoms with E-state index in [1.54, 1.807) is 30.2 Å². The number of nitrogens with zero attached hydrogens (tertiary/aromatic N) is 1. The van der Waals surface area contributed by atoms with Crippen molar-refractivity contribution in [3.63, 3.8) is 0 Å². The molecule has 0 spiro atoms. The zero-order valence-electron chi connectivity index (χ0n) is 15.6. The lowest BCUT2D eigenvalue weighted by Crippen LogP contribution is -2.30. The number of carbonyl (C=O) groups excluding carboxylic acids is 2. The minimum absolute atomic E-state index is 0.0133. The van der Waals surface area contributed by atoms with E-state index in [1.165, 1.54) is 0 Å². The van der Waals surface area contributed by atoms with E-state index in [-0.39, 0.29) is 30.9 Å². The van der Waals surface area contributed by atoms with Gasteiger partial charge in [0.1, 0.15) is 5.75 Å². The number of methoxy groups -OCH3 is 1. The van der Waals surface area contributed by atoms with Crippen molar-refractivity contribution in [1.82, 2.24) is 4.90 Å². The number of carbonyl (C=O) groups is 2. The molecule has 1 N–H and O–H groups in total. The molecular formula is C21H22N2O5. The minimum atomic E-state index is -0.353. The first-order chi connectivity index (χ1) is 13.6. The third-order valence-electron chi connectivity index (χ3n) is 5.05. The van der Waals surface area contributed by atoms with Crippen molar-refractivity contribution < 1.29 is 23.8 Å². The van der Waals surface area contributed by atoms with Gasteiger partial charge in [0.25, 0.3) is 0 Å². The van der Waals surface area contributed by atoms with E-state index in [0.29, 0.717) is 30.3 Å². The fourth-order valence-electron chi connectivity index (χ4n) is 3.44. The van der Waals surface area contributed by atoms with Gasteiger partial charge in [-0.1, -0.05) is 12.1 Å². The lowest BCUT2D eigenvalue weighted by atomic mass is 10.1. The lowest BCUT2D eigenvalue weighted by Gasteiger charge is -2.17. The highest BCUT2D eigenvalue weighted by atomic mass is 16.7. The van der Waals surface area contributed by atoms with Crippen LogP contribution in [-0.2, 0) is 16.0 Å². The van der Waals surface area contributed by atoms with E-state index in [1.807, 2.05) is 24.3 Å². The second kappa shape index (κ2) is 7.80. The molecule has 2 aliphatic heterocycles. The van der Waals surface area contributed by atoms with Crippen molar-refractivity contribution in [3.05, 3.63) is 48.0 Å². The van der Waals surface area contributed by atoms with Crippen LogP contribution in [0.3, 0.4) is 0 Å². The molecule has 2 heterocycles. The van der Waals surface area contributed by atoms with Crippen molar-refractivity contribution >= 4 is 17.5 Å². The molecule has 2 aromatic carbocycles. The van der Waals surface area contributed by atoms with E-state index in [9.17, 15) is 9.59 Å². The molecule has 2 aromatic rings. The van der Waals surface area contributed by atoms with Crippen LogP contribution in [0.5, 0.6) is 17.2 Å². The van der Waals surface area contributed by atoms with Crippen molar-refractivity contribution in [2.75, 3.05) is 32.3 Å². The van der Waals surface area contributed by atoms with Gasteiger partial charge >= 0.3 is 0 Å². The molecule has 28 heavy (non-hydrogen) atoms. The Morgan fingerprint density at radius 1 is 1.18 bits per heavy atom. The Morgan fingerprint density at radius 2 is 1.96 bits per heavy atom. The second-order valence-electron chi connectivity index (χ2n) is 6.90. The fraction of sp³-hybridized carbons (Fsp3) is 0.333. The summed E-state index contributed by atoms with van der Waals surface area (Å²) in [7, 11) is 1.63. The summed E-state index contributed by atoms with van der Waals surface area (Å²) in [5.74, 6) is 1.59. The molecule has 0 aromatic heterocycles. The smallest absolute Gasteiger partial charge is 0.231 e. The van der Waals surface area contributed by atoms with Crippen LogP contribution in [0.25, 0.3) is 0 Å². The summed E-state index contributed by atoms with van der Waals surface area (Å²) in [6.07, 6.45) is 0.977. The van der Waals surface area contributed by atoms with Gasteiger partial charge in [-0.25, -0.2) is 0 Å². The maximum absolute atomic E-state index is 12.6. The minimum Gasteiger partial charge on any atom is -0.497 e. The van der Waals surface area contributed by atoms with Crippen molar-refractivity contribution in [2.45, 2.75) is 12.8 Å². The van der Waals surface area contributed by atoms with Gasteiger partial charge < -0.3 is 24.4 Å². The third kappa shape index (κ3) is 3.88. The van der Waals surface area contributed by atoms with E-state index in [2.05, 4.69) is 5.32 Å². The predicted octanol–water partition coefficient (Wildman–Crippen LogP) is 2.45. The van der Waals surface area contributed by atoms with Crippen molar-refractivity contribution in [3.8, 4) is 17.2 Å². The van der Waals surface area contributed by atoms with Gasteiger partial charge in [0.15, 0.2) is 11.5 Å². The number of amides is 2. The maximum atomic E-state index is 12.6. The normalized spacial score (nSPS) is 17.7. The van der Waals surface area contributed by atoms with Crippen molar-refractivity contribution in [2.24, 2.45) is 5.92 Å². The van der Waals surface area contributed by atoms with Crippen LogP contribution in [-0.4, -0.2) is 43.7 Å². The Kier molecular flexibility index (Phi) is 5.06. The topological polar surface area (TPSA) is 77.1 Å². The largest absolute Gasteiger partial charge is 0.497 e. The monoisotopic (exact) mass is 382 g/mol. The average Bonchev–Trinajstić information content (AvgIpc) is 3.32. The summed E-state index contributed by atoms with van der Waals surface area (Å²) >= 11 is 0. The van der Waals surface area contributed by atoms with E-state index in [4.69, 9.17) is 14.2 Å². The summed E-state index contributed by atoms with van der Waals surface area (Å²) in [5.41, 5.74) is 1.76. The molecule has 1 saturated heterocycles. The van der Waals surface area contributed by atoms with Gasteiger partial charge in [-0.2, -0.15) is 0 Å². The first-order valence-corrected chi connectivity index (χ1v) is 9.23. The standard InChI is InChI=1S/C21H22N2O5/c1-26-17-5-2-14(3-6-17)8-9-23-12-15(10-20(23)24)21(25)22-16-4-7-18-19(11-16)28-13-27-18/h2-7,11,15H,8-10,12-13H2,1H3,(H,22,25). The average molecular weight is 382 g/mol. The van der Waals surface area contributed by atoms with E-state index < -0.39 is 0 Å². The summed E-state index contributed by atoms with van der Waals surface area (Å²) in [6.45, 7) is 1.22. The van der Waals surface area contributed by atoms with Crippen LogP contribution in [0.15, 0.2) is 42.5 Å². The Labute approximate surface area is 163 Å². The van der Waals surface area contributed by atoms with Gasteiger partial charge in [0.05, 0.1) is 13.0 Å². The Hall–Kier alpha value is -3.22. The van der Waals surface area contributed by atoms with Gasteiger partial charge in [-0.3, -0.25) is 9.59 Å². The number of benzene rings is 2.